The maximum Gasteiger partial charge on any atom is 0.251 e. The highest BCUT2D eigenvalue weighted by molar-refractivity contribution is 5.94. The first-order valence-corrected chi connectivity index (χ1v) is 8.05. The van der Waals surface area contributed by atoms with Crippen molar-refractivity contribution in [2.24, 2.45) is 0 Å². The number of nitrogens with one attached hydrogen (secondary N) is 1. The Bertz CT molecular complexity index is 616. The number of amides is 1. The van der Waals surface area contributed by atoms with Crippen LogP contribution < -0.4 is 5.32 Å². The number of ether oxygens (including phenoxy) is 1. The van der Waals surface area contributed by atoms with Gasteiger partial charge in [0.2, 0.25) is 0 Å². The maximum atomic E-state index is 12.0. The summed E-state index contributed by atoms with van der Waals surface area (Å²) in [6, 6.07) is 19.6. The zero-order valence-corrected chi connectivity index (χ0v) is 13.2. The summed E-state index contributed by atoms with van der Waals surface area (Å²) in [5, 5.41) is 2.98. The normalized spacial score (nSPS) is 18.5. The second-order valence-corrected chi connectivity index (χ2v) is 5.69. The molecule has 0 radical (unpaired) electrons. The van der Waals surface area contributed by atoms with Crippen LogP contribution in [0.4, 0.5) is 0 Å². The molecule has 1 atom stereocenters. The smallest absolute Gasteiger partial charge is 0.251 e. The molecular formula is C19H22N2O2. The number of nitrogens with zero attached hydrogens (tertiary/aromatic N) is 1. The first-order valence-electron chi connectivity index (χ1n) is 8.05. The molecule has 0 spiro atoms. The van der Waals surface area contributed by atoms with E-state index in [-0.39, 0.29) is 12.0 Å². The SMILES string of the molecule is O=C(NCCN1CCO[C@H](c2ccccc2)C1)c1ccccc1. The predicted octanol–water partition coefficient (Wildman–Crippen LogP) is 2.49. The minimum Gasteiger partial charge on any atom is -0.371 e. The largest absolute Gasteiger partial charge is 0.371 e. The maximum absolute atomic E-state index is 12.0. The zero-order chi connectivity index (χ0) is 15.9. The van der Waals surface area contributed by atoms with E-state index in [4.69, 9.17) is 4.74 Å². The second-order valence-electron chi connectivity index (χ2n) is 5.69. The van der Waals surface area contributed by atoms with E-state index < -0.39 is 0 Å². The van der Waals surface area contributed by atoms with Gasteiger partial charge in [-0.3, -0.25) is 9.69 Å². The predicted molar refractivity (Wildman–Crippen MR) is 90.4 cm³/mol. The summed E-state index contributed by atoms with van der Waals surface area (Å²) in [6.45, 7) is 3.99. The number of benzene rings is 2. The molecule has 23 heavy (non-hydrogen) atoms. The summed E-state index contributed by atoms with van der Waals surface area (Å²) in [5.41, 5.74) is 1.92. The van der Waals surface area contributed by atoms with E-state index in [2.05, 4.69) is 22.3 Å². The van der Waals surface area contributed by atoms with Crippen LogP contribution in [-0.4, -0.2) is 43.6 Å². The third-order valence-corrected chi connectivity index (χ3v) is 4.07. The van der Waals surface area contributed by atoms with Gasteiger partial charge in [0.05, 0.1) is 12.7 Å². The molecule has 2 aromatic carbocycles. The Labute approximate surface area is 137 Å². The number of morpholine rings is 1. The Balaban J connectivity index is 1.46. The molecule has 1 heterocycles. The van der Waals surface area contributed by atoms with E-state index in [0.29, 0.717) is 12.1 Å². The van der Waals surface area contributed by atoms with Gasteiger partial charge in [0.15, 0.2) is 0 Å². The van der Waals surface area contributed by atoms with Crippen LogP contribution in [0.25, 0.3) is 0 Å². The van der Waals surface area contributed by atoms with Gasteiger partial charge < -0.3 is 10.1 Å². The van der Waals surface area contributed by atoms with Crippen molar-refractivity contribution < 1.29 is 9.53 Å². The second kappa shape index (κ2) is 7.90. The van der Waals surface area contributed by atoms with Crippen molar-refractivity contribution in [3.8, 4) is 0 Å². The fourth-order valence-electron chi connectivity index (χ4n) is 2.79. The molecule has 4 heteroatoms. The molecule has 0 aliphatic carbocycles. The summed E-state index contributed by atoms with van der Waals surface area (Å²) < 4.78 is 5.86. The third kappa shape index (κ3) is 4.41. The molecule has 0 saturated carbocycles. The summed E-state index contributed by atoms with van der Waals surface area (Å²) in [4.78, 5) is 14.4. The van der Waals surface area contributed by atoms with Gasteiger partial charge in [-0.1, -0.05) is 48.5 Å². The molecule has 1 fully saturated rings. The van der Waals surface area contributed by atoms with Gasteiger partial charge in [-0.15, -0.1) is 0 Å². The fourth-order valence-corrected chi connectivity index (χ4v) is 2.79. The first-order chi connectivity index (χ1) is 11.3. The van der Waals surface area contributed by atoms with Gasteiger partial charge >= 0.3 is 0 Å². The van der Waals surface area contributed by atoms with E-state index in [0.717, 1.165) is 26.2 Å². The van der Waals surface area contributed by atoms with Crippen molar-refractivity contribution in [3.05, 3.63) is 71.8 Å². The van der Waals surface area contributed by atoms with Crippen molar-refractivity contribution in [2.45, 2.75) is 6.10 Å². The molecule has 4 nitrogen and oxygen atoms in total. The highest BCUT2D eigenvalue weighted by Crippen LogP contribution is 2.21. The fraction of sp³-hybridized carbons (Fsp3) is 0.316. The van der Waals surface area contributed by atoms with E-state index in [1.54, 1.807) is 0 Å². The highest BCUT2D eigenvalue weighted by Gasteiger charge is 2.21. The van der Waals surface area contributed by atoms with Crippen molar-refractivity contribution in [2.75, 3.05) is 32.8 Å². The molecule has 120 valence electrons. The number of hydrogen-bond donors (Lipinski definition) is 1. The molecule has 1 N–H and O–H groups in total. The summed E-state index contributed by atoms with van der Waals surface area (Å²) in [5.74, 6) is -0.0153. The van der Waals surface area contributed by atoms with E-state index in [1.165, 1.54) is 5.56 Å². The standard InChI is InChI=1S/C19H22N2O2/c22-19(17-9-5-2-6-10-17)20-11-12-21-13-14-23-18(15-21)16-7-3-1-4-8-16/h1-10,18H,11-15H2,(H,20,22)/t18-/m0/s1. The monoisotopic (exact) mass is 310 g/mol. The molecule has 1 aliphatic rings. The lowest BCUT2D eigenvalue weighted by molar-refractivity contribution is -0.0293. The Hall–Kier alpha value is -2.17. The van der Waals surface area contributed by atoms with Crippen molar-refractivity contribution in [1.29, 1.82) is 0 Å². The highest BCUT2D eigenvalue weighted by atomic mass is 16.5. The number of rotatable bonds is 5. The average molecular weight is 310 g/mol. The Morgan fingerprint density at radius 2 is 1.78 bits per heavy atom. The van der Waals surface area contributed by atoms with Crippen LogP contribution in [0.2, 0.25) is 0 Å². The van der Waals surface area contributed by atoms with Crippen molar-refractivity contribution >= 4 is 5.91 Å². The zero-order valence-electron chi connectivity index (χ0n) is 13.2. The lowest BCUT2D eigenvalue weighted by atomic mass is 10.1. The Kier molecular flexibility index (Phi) is 5.40. The Morgan fingerprint density at radius 1 is 1.09 bits per heavy atom. The average Bonchev–Trinajstić information content (AvgIpc) is 2.63. The van der Waals surface area contributed by atoms with Crippen molar-refractivity contribution in [1.82, 2.24) is 10.2 Å². The molecule has 0 unspecified atom stereocenters. The number of carbonyl (C=O) groups is 1. The van der Waals surface area contributed by atoms with Gasteiger partial charge in [-0.2, -0.15) is 0 Å². The van der Waals surface area contributed by atoms with E-state index in [1.807, 2.05) is 48.5 Å². The molecule has 0 bridgehead atoms. The summed E-state index contributed by atoms with van der Waals surface area (Å²) in [6.07, 6.45) is 0.120. The molecule has 1 saturated heterocycles. The van der Waals surface area contributed by atoms with E-state index >= 15 is 0 Å². The van der Waals surface area contributed by atoms with Crippen LogP contribution in [0.3, 0.4) is 0 Å². The quantitative estimate of drug-likeness (QED) is 0.922. The van der Waals surface area contributed by atoms with Gasteiger partial charge in [-0.05, 0) is 17.7 Å². The van der Waals surface area contributed by atoms with Crippen LogP contribution in [-0.2, 0) is 4.74 Å². The van der Waals surface area contributed by atoms with E-state index in [9.17, 15) is 4.79 Å². The molecule has 2 aromatic rings. The molecular weight excluding hydrogens is 288 g/mol. The lowest BCUT2D eigenvalue weighted by Crippen LogP contribution is -2.42. The lowest BCUT2D eigenvalue weighted by Gasteiger charge is -2.33. The van der Waals surface area contributed by atoms with Gasteiger partial charge in [0.25, 0.3) is 5.91 Å². The van der Waals surface area contributed by atoms with Crippen LogP contribution in [0, 0.1) is 0 Å². The number of hydrogen-bond acceptors (Lipinski definition) is 3. The van der Waals surface area contributed by atoms with Gasteiger partial charge in [0, 0.05) is 31.7 Å². The van der Waals surface area contributed by atoms with Crippen LogP contribution >= 0.6 is 0 Å². The molecule has 1 aliphatic heterocycles. The minimum absolute atomic E-state index is 0.0153. The van der Waals surface area contributed by atoms with Crippen LogP contribution in [0.1, 0.15) is 22.0 Å². The first kappa shape index (κ1) is 15.7. The van der Waals surface area contributed by atoms with Crippen LogP contribution in [0.15, 0.2) is 60.7 Å². The van der Waals surface area contributed by atoms with Gasteiger partial charge in [0.1, 0.15) is 0 Å². The molecule has 1 amide bonds. The Morgan fingerprint density at radius 3 is 2.52 bits per heavy atom. The third-order valence-electron chi connectivity index (χ3n) is 4.07. The minimum atomic E-state index is -0.0153. The van der Waals surface area contributed by atoms with Crippen molar-refractivity contribution in [3.63, 3.8) is 0 Å². The van der Waals surface area contributed by atoms with Gasteiger partial charge in [-0.25, -0.2) is 0 Å². The summed E-state index contributed by atoms with van der Waals surface area (Å²) in [7, 11) is 0. The van der Waals surface area contributed by atoms with Crippen LogP contribution in [0.5, 0.6) is 0 Å². The number of carbonyl (C=O) groups excluding carboxylic acids is 1. The summed E-state index contributed by atoms with van der Waals surface area (Å²) >= 11 is 0. The molecule has 3 rings (SSSR count). The molecule has 0 aromatic heterocycles. The topological polar surface area (TPSA) is 41.6 Å².